The van der Waals surface area contributed by atoms with Gasteiger partial charge in [0.2, 0.25) is 10.0 Å². The summed E-state index contributed by atoms with van der Waals surface area (Å²) in [6.45, 7) is 6.40. The van der Waals surface area contributed by atoms with E-state index < -0.39 is 10.0 Å². The Bertz CT molecular complexity index is 1440. The molecule has 2 heterocycles. The van der Waals surface area contributed by atoms with Gasteiger partial charge < -0.3 is 9.32 Å². The molecule has 0 bridgehead atoms. The molecule has 0 aliphatic heterocycles. The van der Waals surface area contributed by atoms with Crippen LogP contribution in [0.2, 0.25) is 0 Å². The number of sulfonamides is 1. The second-order valence-electron chi connectivity index (χ2n) is 8.44. The van der Waals surface area contributed by atoms with Gasteiger partial charge in [-0.2, -0.15) is 5.10 Å². The molecule has 0 radical (unpaired) electrons. The van der Waals surface area contributed by atoms with Crippen molar-refractivity contribution in [3.05, 3.63) is 101 Å². The van der Waals surface area contributed by atoms with E-state index >= 15 is 0 Å². The maximum Gasteiger partial charge on any atom is 0.253 e. The fraction of sp³-hybridized carbons (Fsp3) is 0.231. The first-order valence-electron chi connectivity index (χ1n) is 11.2. The normalized spacial score (nSPS) is 11.5. The summed E-state index contributed by atoms with van der Waals surface area (Å²) in [5.41, 5.74) is 5.33. The number of para-hydroxylation sites is 1. The van der Waals surface area contributed by atoms with Gasteiger partial charge in [-0.3, -0.25) is 4.79 Å². The lowest BCUT2D eigenvalue weighted by Crippen LogP contribution is -2.27. The van der Waals surface area contributed by atoms with Crippen LogP contribution in [0.25, 0.3) is 5.69 Å². The van der Waals surface area contributed by atoms with Gasteiger partial charge in [0.1, 0.15) is 5.76 Å². The standard InChI is InChI=1S/C26H28N4O4S/c1-18-8-5-6-10-25(18)30-20(3)24(19(2)28-30)17-29(4)26(31)21-11-13-23(14-12-21)35(32,33)27-16-22-9-7-15-34-22/h5-15,27H,16-17H2,1-4H3. The number of carbonyl (C=O) groups excluding carboxylic acids is 1. The number of hydrogen-bond acceptors (Lipinski definition) is 5. The average molecular weight is 493 g/mol. The van der Waals surface area contributed by atoms with Crippen molar-refractivity contribution in [3.8, 4) is 5.69 Å². The third kappa shape index (κ3) is 5.21. The minimum Gasteiger partial charge on any atom is -0.468 e. The van der Waals surface area contributed by atoms with Gasteiger partial charge >= 0.3 is 0 Å². The van der Waals surface area contributed by atoms with E-state index in [4.69, 9.17) is 9.52 Å². The van der Waals surface area contributed by atoms with Gasteiger partial charge in [-0.25, -0.2) is 17.8 Å². The predicted molar refractivity (Wildman–Crippen MR) is 133 cm³/mol. The van der Waals surface area contributed by atoms with Gasteiger partial charge in [-0.15, -0.1) is 0 Å². The molecule has 0 spiro atoms. The van der Waals surface area contributed by atoms with Crippen LogP contribution in [-0.4, -0.2) is 36.1 Å². The second-order valence-corrected chi connectivity index (χ2v) is 10.2. The third-order valence-electron chi connectivity index (χ3n) is 5.95. The Hall–Kier alpha value is -3.69. The second kappa shape index (κ2) is 9.89. The molecule has 1 N–H and O–H groups in total. The van der Waals surface area contributed by atoms with Crippen molar-refractivity contribution < 1.29 is 17.6 Å². The Morgan fingerprint density at radius 2 is 1.74 bits per heavy atom. The molecule has 0 aliphatic rings. The Balaban J connectivity index is 1.47. The molecule has 4 aromatic rings. The van der Waals surface area contributed by atoms with Crippen molar-refractivity contribution in [2.45, 2.75) is 38.8 Å². The zero-order valence-electron chi connectivity index (χ0n) is 20.1. The van der Waals surface area contributed by atoms with Crippen molar-refractivity contribution >= 4 is 15.9 Å². The van der Waals surface area contributed by atoms with E-state index in [1.807, 2.05) is 49.7 Å². The smallest absolute Gasteiger partial charge is 0.253 e. The highest BCUT2D eigenvalue weighted by Crippen LogP contribution is 2.22. The number of furan rings is 1. The molecule has 0 atom stereocenters. The van der Waals surface area contributed by atoms with Crippen LogP contribution in [-0.2, 0) is 23.1 Å². The lowest BCUT2D eigenvalue weighted by atomic mass is 10.1. The van der Waals surface area contributed by atoms with Crippen LogP contribution in [0.4, 0.5) is 0 Å². The summed E-state index contributed by atoms with van der Waals surface area (Å²) in [4.78, 5) is 14.8. The third-order valence-corrected chi connectivity index (χ3v) is 7.37. The Morgan fingerprint density at radius 3 is 2.40 bits per heavy atom. The molecule has 9 heteroatoms. The number of nitrogens with zero attached hydrogens (tertiary/aromatic N) is 3. The number of rotatable bonds is 8. The average Bonchev–Trinajstić information content (AvgIpc) is 3.47. The van der Waals surface area contributed by atoms with Crippen LogP contribution >= 0.6 is 0 Å². The van der Waals surface area contributed by atoms with Gasteiger partial charge in [0, 0.05) is 30.4 Å². The molecular weight excluding hydrogens is 464 g/mol. The SMILES string of the molecule is Cc1ccccc1-n1nc(C)c(CN(C)C(=O)c2ccc(S(=O)(=O)NCc3ccco3)cc2)c1C. The van der Waals surface area contributed by atoms with Crippen molar-refractivity contribution in [1.82, 2.24) is 19.4 Å². The van der Waals surface area contributed by atoms with Gasteiger partial charge in [-0.1, -0.05) is 18.2 Å². The largest absolute Gasteiger partial charge is 0.468 e. The molecule has 1 amide bonds. The molecular formula is C26H28N4O4S. The molecule has 2 aromatic heterocycles. The molecule has 0 fully saturated rings. The highest BCUT2D eigenvalue weighted by atomic mass is 32.2. The number of aryl methyl sites for hydroxylation is 2. The van der Waals surface area contributed by atoms with Crippen LogP contribution < -0.4 is 4.72 Å². The highest BCUT2D eigenvalue weighted by molar-refractivity contribution is 7.89. The lowest BCUT2D eigenvalue weighted by Gasteiger charge is -2.18. The molecule has 4 rings (SSSR count). The van der Waals surface area contributed by atoms with E-state index in [0.717, 1.165) is 28.2 Å². The molecule has 8 nitrogen and oxygen atoms in total. The van der Waals surface area contributed by atoms with Gasteiger partial charge in [0.25, 0.3) is 5.91 Å². The zero-order chi connectivity index (χ0) is 25.2. The Labute approximate surface area is 205 Å². The number of carbonyl (C=O) groups is 1. The van der Waals surface area contributed by atoms with E-state index in [0.29, 0.717) is 17.9 Å². The van der Waals surface area contributed by atoms with E-state index in [-0.39, 0.29) is 17.3 Å². The number of aromatic nitrogens is 2. The Kier molecular flexibility index (Phi) is 6.90. The summed E-state index contributed by atoms with van der Waals surface area (Å²) in [7, 11) is -2.01. The fourth-order valence-corrected chi connectivity index (χ4v) is 4.90. The van der Waals surface area contributed by atoms with E-state index in [1.54, 1.807) is 24.1 Å². The monoisotopic (exact) mass is 492 g/mol. The predicted octanol–water partition coefficient (Wildman–Crippen LogP) is 4.14. The topological polar surface area (TPSA) is 97.4 Å². The molecule has 0 unspecified atom stereocenters. The maximum atomic E-state index is 13.1. The molecule has 0 saturated carbocycles. The number of nitrogens with one attached hydrogen (secondary N) is 1. The molecule has 2 aromatic carbocycles. The first-order chi connectivity index (χ1) is 16.7. The van der Waals surface area contributed by atoms with Gasteiger partial charge in [-0.05, 0) is 68.8 Å². The quantitative estimate of drug-likeness (QED) is 0.399. The lowest BCUT2D eigenvalue weighted by molar-refractivity contribution is 0.0784. The van der Waals surface area contributed by atoms with Crippen LogP contribution in [0.5, 0.6) is 0 Å². The first-order valence-corrected chi connectivity index (χ1v) is 12.6. The van der Waals surface area contributed by atoms with E-state index in [1.165, 1.54) is 30.5 Å². The van der Waals surface area contributed by atoms with E-state index in [9.17, 15) is 13.2 Å². The minimum atomic E-state index is -3.73. The minimum absolute atomic E-state index is 0.0492. The van der Waals surface area contributed by atoms with Gasteiger partial charge in [0.15, 0.2) is 0 Å². The van der Waals surface area contributed by atoms with Crippen molar-refractivity contribution in [1.29, 1.82) is 0 Å². The Morgan fingerprint density at radius 1 is 1.03 bits per heavy atom. The molecule has 35 heavy (non-hydrogen) atoms. The summed E-state index contributed by atoms with van der Waals surface area (Å²) in [6.07, 6.45) is 1.48. The van der Waals surface area contributed by atoms with Gasteiger partial charge in [0.05, 0.1) is 29.1 Å². The van der Waals surface area contributed by atoms with Crippen LogP contribution in [0.3, 0.4) is 0 Å². The maximum absolute atomic E-state index is 13.1. The highest BCUT2D eigenvalue weighted by Gasteiger charge is 2.20. The van der Waals surface area contributed by atoms with Crippen molar-refractivity contribution in [2.75, 3.05) is 7.05 Å². The number of hydrogen-bond donors (Lipinski definition) is 1. The molecule has 182 valence electrons. The first kappa shape index (κ1) is 24.4. The zero-order valence-corrected chi connectivity index (χ0v) is 21.0. The fourth-order valence-electron chi connectivity index (χ4n) is 3.91. The summed E-state index contributed by atoms with van der Waals surface area (Å²) >= 11 is 0. The van der Waals surface area contributed by atoms with Crippen LogP contribution in [0.1, 0.15) is 38.6 Å². The summed E-state index contributed by atoms with van der Waals surface area (Å²) < 4.78 is 34.6. The summed E-state index contributed by atoms with van der Waals surface area (Å²) in [5, 5.41) is 4.70. The van der Waals surface area contributed by atoms with Crippen molar-refractivity contribution in [3.63, 3.8) is 0 Å². The van der Waals surface area contributed by atoms with Crippen molar-refractivity contribution in [2.24, 2.45) is 0 Å². The summed E-state index contributed by atoms with van der Waals surface area (Å²) in [6, 6.07) is 17.3. The molecule has 0 aliphatic carbocycles. The number of benzene rings is 2. The van der Waals surface area contributed by atoms with Crippen LogP contribution in [0, 0.1) is 20.8 Å². The van der Waals surface area contributed by atoms with E-state index in [2.05, 4.69) is 4.72 Å². The molecule has 0 saturated heterocycles. The number of amides is 1. The summed E-state index contributed by atoms with van der Waals surface area (Å²) in [5.74, 6) is 0.304. The van der Waals surface area contributed by atoms with Crippen LogP contribution in [0.15, 0.2) is 76.2 Å².